The van der Waals surface area contributed by atoms with Gasteiger partial charge in [-0.25, -0.2) is 0 Å². The van der Waals surface area contributed by atoms with E-state index in [-0.39, 0.29) is 12.1 Å². The first-order chi connectivity index (χ1) is 9.99. The molecule has 21 heavy (non-hydrogen) atoms. The third-order valence-electron chi connectivity index (χ3n) is 4.32. The van der Waals surface area contributed by atoms with Crippen molar-refractivity contribution in [1.29, 1.82) is 0 Å². The molecule has 1 aromatic rings. The first-order valence-corrected chi connectivity index (χ1v) is 8.96. The second-order valence-electron chi connectivity index (χ2n) is 6.09. The summed E-state index contributed by atoms with van der Waals surface area (Å²) in [4.78, 5) is 0. The average molecular weight is 421 g/mol. The molecule has 2 N–H and O–H groups in total. The van der Waals surface area contributed by atoms with Gasteiger partial charge in [-0.15, -0.1) is 0 Å². The highest BCUT2D eigenvalue weighted by atomic mass is 79.9. The Bertz CT molecular complexity index is 472. The number of nitrogens with one attached hydrogen (secondary N) is 1. The fourth-order valence-electron chi connectivity index (χ4n) is 3.22. The molecule has 118 valence electrons. The van der Waals surface area contributed by atoms with Gasteiger partial charge in [-0.3, -0.25) is 0 Å². The van der Waals surface area contributed by atoms with E-state index in [1.165, 1.54) is 18.4 Å². The zero-order chi connectivity index (χ0) is 15.5. The molecule has 5 heteroatoms. The summed E-state index contributed by atoms with van der Waals surface area (Å²) in [7, 11) is 1.66. The molecule has 2 rings (SSSR count). The maximum atomic E-state index is 9.83. The summed E-state index contributed by atoms with van der Waals surface area (Å²) in [5, 5.41) is 13.4. The van der Waals surface area contributed by atoms with Crippen molar-refractivity contribution in [3.63, 3.8) is 0 Å². The predicted octanol–water partition coefficient (Wildman–Crippen LogP) is 4.25. The van der Waals surface area contributed by atoms with Gasteiger partial charge in [0.1, 0.15) is 5.75 Å². The number of benzene rings is 1. The second-order valence-corrected chi connectivity index (χ2v) is 7.79. The topological polar surface area (TPSA) is 41.5 Å². The Balaban J connectivity index is 2.08. The lowest BCUT2D eigenvalue weighted by molar-refractivity contribution is 0.0982. The van der Waals surface area contributed by atoms with Crippen LogP contribution in [0.25, 0.3) is 0 Å². The van der Waals surface area contributed by atoms with Crippen LogP contribution in [0.1, 0.15) is 38.2 Å². The van der Waals surface area contributed by atoms with Crippen LogP contribution in [0.5, 0.6) is 5.75 Å². The molecule has 0 bridgehead atoms. The van der Waals surface area contributed by atoms with Crippen molar-refractivity contribution >= 4 is 31.9 Å². The molecule has 0 aliphatic heterocycles. The lowest BCUT2D eigenvalue weighted by Gasteiger charge is -2.39. The SMILES string of the molecule is COc1c(Br)cc(CNC2(CO)CCCC(C)C2)cc1Br. The van der Waals surface area contributed by atoms with E-state index in [0.717, 1.165) is 34.1 Å². The molecule has 0 spiro atoms. The zero-order valence-corrected chi connectivity index (χ0v) is 15.8. The summed E-state index contributed by atoms with van der Waals surface area (Å²) in [6.07, 6.45) is 4.54. The molecule has 3 nitrogen and oxygen atoms in total. The highest BCUT2D eigenvalue weighted by Gasteiger charge is 2.33. The van der Waals surface area contributed by atoms with Gasteiger partial charge in [0.15, 0.2) is 0 Å². The van der Waals surface area contributed by atoms with Crippen LogP contribution in [0.4, 0.5) is 0 Å². The third kappa shape index (κ3) is 4.21. The van der Waals surface area contributed by atoms with Crippen LogP contribution in [0.15, 0.2) is 21.1 Å². The summed E-state index contributed by atoms with van der Waals surface area (Å²) in [6.45, 7) is 3.22. The van der Waals surface area contributed by atoms with Crippen molar-refractivity contribution in [1.82, 2.24) is 5.32 Å². The van der Waals surface area contributed by atoms with E-state index in [2.05, 4.69) is 56.2 Å². The first kappa shape index (κ1) is 17.3. The monoisotopic (exact) mass is 419 g/mol. The number of ether oxygens (including phenoxy) is 1. The fourth-order valence-corrected chi connectivity index (χ4v) is 4.82. The molecule has 1 fully saturated rings. The van der Waals surface area contributed by atoms with E-state index < -0.39 is 0 Å². The quantitative estimate of drug-likeness (QED) is 0.747. The molecular weight excluding hydrogens is 398 g/mol. The molecule has 1 aromatic carbocycles. The Labute approximate surface area is 143 Å². The number of hydrogen-bond acceptors (Lipinski definition) is 3. The number of methoxy groups -OCH3 is 1. The van der Waals surface area contributed by atoms with Gasteiger partial charge < -0.3 is 15.2 Å². The molecule has 0 aromatic heterocycles. The normalized spacial score (nSPS) is 25.9. The fraction of sp³-hybridized carbons (Fsp3) is 0.625. The number of aliphatic hydroxyl groups is 1. The van der Waals surface area contributed by atoms with Crippen molar-refractivity contribution in [2.75, 3.05) is 13.7 Å². The number of rotatable bonds is 5. The van der Waals surface area contributed by atoms with Gasteiger partial charge in [0.2, 0.25) is 0 Å². The maximum Gasteiger partial charge on any atom is 0.147 e. The Morgan fingerprint density at radius 1 is 1.38 bits per heavy atom. The lowest BCUT2D eigenvalue weighted by Crippen LogP contribution is -2.51. The molecule has 0 amide bonds. The van der Waals surface area contributed by atoms with Gasteiger partial charge in [0.05, 0.1) is 22.7 Å². The minimum Gasteiger partial charge on any atom is -0.494 e. The highest BCUT2D eigenvalue weighted by Crippen LogP contribution is 2.35. The molecule has 0 radical (unpaired) electrons. The van der Waals surface area contributed by atoms with E-state index in [9.17, 15) is 5.11 Å². The van der Waals surface area contributed by atoms with E-state index in [4.69, 9.17) is 4.74 Å². The lowest BCUT2D eigenvalue weighted by atomic mass is 9.77. The van der Waals surface area contributed by atoms with Gasteiger partial charge in [-0.1, -0.05) is 19.8 Å². The van der Waals surface area contributed by atoms with Gasteiger partial charge in [0, 0.05) is 12.1 Å². The number of halogens is 2. The minimum atomic E-state index is -0.128. The summed E-state index contributed by atoms with van der Waals surface area (Å²) in [6, 6.07) is 4.13. The van der Waals surface area contributed by atoms with Crippen molar-refractivity contribution in [2.24, 2.45) is 5.92 Å². The van der Waals surface area contributed by atoms with Crippen LogP contribution >= 0.6 is 31.9 Å². The van der Waals surface area contributed by atoms with Crippen LogP contribution < -0.4 is 10.1 Å². The third-order valence-corrected chi connectivity index (χ3v) is 5.50. The predicted molar refractivity (Wildman–Crippen MR) is 92.7 cm³/mol. The average Bonchev–Trinajstić information content (AvgIpc) is 2.45. The largest absolute Gasteiger partial charge is 0.494 e. The summed E-state index contributed by atoms with van der Waals surface area (Å²) in [5.74, 6) is 1.48. The van der Waals surface area contributed by atoms with Crippen LogP contribution in [-0.4, -0.2) is 24.4 Å². The van der Waals surface area contributed by atoms with E-state index in [0.29, 0.717) is 5.92 Å². The van der Waals surface area contributed by atoms with E-state index >= 15 is 0 Å². The summed E-state index contributed by atoms with van der Waals surface area (Å²) < 4.78 is 7.20. The molecule has 1 aliphatic carbocycles. The van der Waals surface area contributed by atoms with Crippen LogP contribution in [-0.2, 0) is 6.54 Å². The number of aliphatic hydroxyl groups excluding tert-OH is 1. The van der Waals surface area contributed by atoms with Gasteiger partial charge in [-0.2, -0.15) is 0 Å². The minimum absolute atomic E-state index is 0.128. The molecule has 0 heterocycles. The van der Waals surface area contributed by atoms with Gasteiger partial charge in [-0.05, 0) is 68.3 Å². The molecule has 2 atom stereocenters. The van der Waals surface area contributed by atoms with Crippen molar-refractivity contribution in [2.45, 2.75) is 44.7 Å². The molecule has 0 saturated heterocycles. The Kier molecular flexibility index (Phi) is 6.12. The Hall–Kier alpha value is -0.100. The van der Waals surface area contributed by atoms with Crippen LogP contribution in [0, 0.1) is 5.92 Å². The Morgan fingerprint density at radius 3 is 2.57 bits per heavy atom. The summed E-state index contributed by atoms with van der Waals surface area (Å²) in [5.41, 5.74) is 1.04. The van der Waals surface area contributed by atoms with Gasteiger partial charge >= 0.3 is 0 Å². The van der Waals surface area contributed by atoms with Crippen molar-refractivity contribution < 1.29 is 9.84 Å². The standard InChI is InChI=1S/C16H23Br2NO2/c1-11-4-3-5-16(8-11,10-20)19-9-12-6-13(17)15(21-2)14(18)7-12/h6-7,11,19-20H,3-5,8-10H2,1-2H3. The van der Waals surface area contributed by atoms with Crippen molar-refractivity contribution in [3.05, 3.63) is 26.6 Å². The number of hydrogen-bond donors (Lipinski definition) is 2. The van der Waals surface area contributed by atoms with Crippen LogP contribution in [0.3, 0.4) is 0 Å². The van der Waals surface area contributed by atoms with Crippen molar-refractivity contribution in [3.8, 4) is 5.75 Å². The smallest absolute Gasteiger partial charge is 0.147 e. The van der Waals surface area contributed by atoms with E-state index in [1.54, 1.807) is 7.11 Å². The summed E-state index contributed by atoms with van der Waals surface area (Å²) >= 11 is 7.06. The Morgan fingerprint density at radius 2 is 2.05 bits per heavy atom. The van der Waals surface area contributed by atoms with Crippen LogP contribution in [0.2, 0.25) is 0 Å². The first-order valence-electron chi connectivity index (χ1n) is 7.37. The zero-order valence-electron chi connectivity index (χ0n) is 12.6. The maximum absolute atomic E-state index is 9.83. The molecule has 1 aliphatic rings. The van der Waals surface area contributed by atoms with E-state index in [1.807, 2.05) is 0 Å². The highest BCUT2D eigenvalue weighted by molar-refractivity contribution is 9.11. The molecular formula is C16H23Br2NO2. The molecule has 1 saturated carbocycles. The second kappa shape index (κ2) is 7.44. The van der Waals surface area contributed by atoms with Gasteiger partial charge in [0.25, 0.3) is 0 Å². The molecule has 2 unspecified atom stereocenters.